The number of hydrazone groups is 1. The first-order chi connectivity index (χ1) is 10.5. The Morgan fingerprint density at radius 2 is 2.36 bits per heavy atom. The average Bonchev–Trinajstić information content (AvgIpc) is 2.87. The Morgan fingerprint density at radius 1 is 1.59 bits per heavy atom. The van der Waals surface area contributed by atoms with Crippen LogP contribution < -0.4 is 10.2 Å². The number of hydrogen-bond donors (Lipinski definition) is 2. The van der Waals surface area contributed by atoms with Crippen LogP contribution in [-0.2, 0) is 4.79 Å². The second-order valence-electron chi connectivity index (χ2n) is 4.44. The summed E-state index contributed by atoms with van der Waals surface area (Å²) in [6.07, 6.45) is 0.619. The second kappa shape index (κ2) is 7.37. The van der Waals surface area contributed by atoms with E-state index in [2.05, 4.69) is 31.4 Å². The number of anilines is 1. The zero-order valence-corrected chi connectivity index (χ0v) is 14.3. The third kappa shape index (κ3) is 4.54. The molecule has 2 N–H and O–H groups in total. The Bertz CT molecular complexity index is 702. The Labute approximate surface area is 140 Å². The molecular weight excluding hydrogens is 370 g/mol. The van der Waals surface area contributed by atoms with Gasteiger partial charge in [-0.05, 0) is 32.0 Å². The van der Waals surface area contributed by atoms with Crippen LogP contribution in [0.5, 0.6) is 5.75 Å². The van der Waals surface area contributed by atoms with Crippen molar-refractivity contribution < 1.29 is 14.6 Å². The highest BCUT2D eigenvalue weighted by molar-refractivity contribution is 9.10. The van der Waals surface area contributed by atoms with Crippen LogP contribution >= 0.6 is 27.3 Å². The number of thiazole rings is 1. The first kappa shape index (κ1) is 16.4. The Kier molecular flexibility index (Phi) is 5.51. The molecule has 0 spiro atoms. The SMILES string of the molecule is Cc1csc(NN=Cc2cc(Br)ccc2OC(C)C(=O)O)n1. The number of ether oxygens (including phenoxy) is 1. The van der Waals surface area contributed by atoms with Gasteiger partial charge in [-0.3, -0.25) is 5.43 Å². The Balaban J connectivity index is 2.14. The number of carbonyl (C=O) groups is 1. The summed E-state index contributed by atoms with van der Waals surface area (Å²) in [5.41, 5.74) is 4.40. The van der Waals surface area contributed by atoms with Gasteiger partial charge >= 0.3 is 5.97 Å². The molecule has 1 aromatic carbocycles. The van der Waals surface area contributed by atoms with E-state index in [0.29, 0.717) is 16.4 Å². The molecule has 116 valence electrons. The lowest BCUT2D eigenvalue weighted by molar-refractivity contribution is -0.144. The Hall–Kier alpha value is -1.93. The number of carboxylic acids is 1. The summed E-state index contributed by atoms with van der Waals surface area (Å²) in [6, 6.07) is 5.26. The number of aliphatic carboxylic acids is 1. The number of nitrogens with zero attached hydrogens (tertiary/aromatic N) is 2. The lowest BCUT2D eigenvalue weighted by Crippen LogP contribution is -2.23. The highest BCUT2D eigenvalue weighted by Crippen LogP contribution is 2.23. The van der Waals surface area contributed by atoms with Crippen LogP contribution in [0, 0.1) is 6.92 Å². The molecule has 0 amide bonds. The first-order valence-electron chi connectivity index (χ1n) is 6.36. The van der Waals surface area contributed by atoms with Crippen molar-refractivity contribution in [3.63, 3.8) is 0 Å². The zero-order valence-electron chi connectivity index (χ0n) is 11.9. The minimum absolute atomic E-state index is 0.443. The summed E-state index contributed by atoms with van der Waals surface area (Å²) in [5, 5.41) is 15.6. The highest BCUT2D eigenvalue weighted by Gasteiger charge is 2.14. The van der Waals surface area contributed by atoms with Gasteiger partial charge in [-0.1, -0.05) is 15.9 Å². The fourth-order valence-electron chi connectivity index (χ4n) is 1.53. The van der Waals surface area contributed by atoms with Gasteiger partial charge in [0.2, 0.25) is 5.13 Å². The second-order valence-corrected chi connectivity index (χ2v) is 6.22. The normalized spacial score (nSPS) is 12.3. The minimum Gasteiger partial charge on any atom is -0.479 e. The van der Waals surface area contributed by atoms with Crippen molar-refractivity contribution >= 4 is 44.6 Å². The Morgan fingerprint density at radius 3 is 3.00 bits per heavy atom. The van der Waals surface area contributed by atoms with Gasteiger partial charge in [0.15, 0.2) is 6.10 Å². The molecule has 0 saturated carbocycles. The van der Waals surface area contributed by atoms with E-state index >= 15 is 0 Å². The van der Waals surface area contributed by atoms with Crippen molar-refractivity contribution in [2.75, 3.05) is 5.43 Å². The van der Waals surface area contributed by atoms with Gasteiger partial charge < -0.3 is 9.84 Å². The maximum absolute atomic E-state index is 10.9. The minimum atomic E-state index is -1.03. The highest BCUT2D eigenvalue weighted by atomic mass is 79.9. The summed E-state index contributed by atoms with van der Waals surface area (Å²) in [6.45, 7) is 3.38. The van der Waals surface area contributed by atoms with E-state index in [1.165, 1.54) is 18.3 Å². The number of aromatic nitrogens is 1. The number of halogens is 1. The lowest BCUT2D eigenvalue weighted by Gasteiger charge is -2.12. The maximum Gasteiger partial charge on any atom is 0.344 e. The summed E-state index contributed by atoms with van der Waals surface area (Å²) < 4.78 is 6.26. The van der Waals surface area contributed by atoms with Crippen LogP contribution in [0.1, 0.15) is 18.2 Å². The molecule has 0 aliphatic rings. The molecule has 0 aliphatic heterocycles. The average molecular weight is 384 g/mol. The van der Waals surface area contributed by atoms with Gasteiger partial charge in [-0.2, -0.15) is 5.10 Å². The third-order valence-corrected chi connectivity index (χ3v) is 3.96. The predicted octanol–water partition coefficient (Wildman–Crippen LogP) is 3.51. The molecule has 2 rings (SSSR count). The third-order valence-electron chi connectivity index (χ3n) is 2.61. The molecule has 1 aromatic heterocycles. The molecule has 0 aliphatic carbocycles. The van der Waals surface area contributed by atoms with Crippen molar-refractivity contribution in [3.05, 3.63) is 39.3 Å². The van der Waals surface area contributed by atoms with Crippen LogP contribution in [0.3, 0.4) is 0 Å². The fourth-order valence-corrected chi connectivity index (χ4v) is 2.55. The number of hydrogen-bond acceptors (Lipinski definition) is 6. The van der Waals surface area contributed by atoms with Crippen molar-refractivity contribution in [2.45, 2.75) is 20.0 Å². The van der Waals surface area contributed by atoms with Crippen LogP contribution in [0.4, 0.5) is 5.13 Å². The van der Waals surface area contributed by atoms with Crippen molar-refractivity contribution in [3.8, 4) is 5.75 Å². The molecule has 2 aromatic rings. The van der Waals surface area contributed by atoms with Gasteiger partial charge in [0, 0.05) is 15.4 Å². The zero-order chi connectivity index (χ0) is 16.1. The number of benzene rings is 1. The van der Waals surface area contributed by atoms with Crippen LogP contribution in [0.15, 0.2) is 33.2 Å². The molecule has 0 saturated heterocycles. The van der Waals surface area contributed by atoms with E-state index in [1.54, 1.807) is 24.4 Å². The monoisotopic (exact) mass is 383 g/mol. The molecule has 1 unspecified atom stereocenters. The molecule has 22 heavy (non-hydrogen) atoms. The van der Waals surface area contributed by atoms with E-state index in [-0.39, 0.29) is 0 Å². The largest absolute Gasteiger partial charge is 0.479 e. The summed E-state index contributed by atoms with van der Waals surface area (Å²) in [7, 11) is 0. The van der Waals surface area contributed by atoms with Crippen molar-refractivity contribution in [1.29, 1.82) is 0 Å². The number of nitrogens with one attached hydrogen (secondary N) is 1. The van der Waals surface area contributed by atoms with Crippen LogP contribution in [0.25, 0.3) is 0 Å². The van der Waals surface area contributed by atoms with E-state index in [1.807, 2.05) is 12.3 Å². The maximum atomic E-state index is 10.9. The van der Waals surface area contributed by atoms with E-state index in [9.17, 15) is 4.79 Å². The van der Waals surface area contributed by atoms with E-state index < -0.39 is 12.1 Å². The molecule has 0 radical (unpaired) electrons. The summed E-state index contributed by atoms with van der Waals surface area (Å²) in [5.74, 6) is -0.582. The van der Waals surface area contributed by atoms with E-state index in [4.69, 9.17) is 9.84 Å². The molecule has 8 heteroatoms. The quantitative estimate of drug-likeness (QED) is 0.588. The molecule has 0 fully saturated rings. The van der Waals surface area contributed by atoms with Crippen LogP contribution in [0.2, 0.25) is 0 Å². The lowest BCUT2D eigenvalue weighted by atomic mass is 10.2. The summed E-state index contributed by atoms with van der Waals surface area (Å²) in [4.78, 5) is 15.1. The number of rotatable bonds is 6. The number of aryl methyl sites for hydroxylation is 1. The molecular formula is C14H14BrN3O3S. The van der Waals surface area contributed by atoms with Gasteiger partial charge in [-0.15, -0.1) is 11.3 Å². The fraction of sp³-hybridized carbons (Fsp3) is 0.214. The van der Waals surface area contributed by atoms with Gasteiger partial charge in [0.25, 0.3) is 0 Å². The van der Waals surface area contributed by atoms with Gasteiger partial charge in [0.05, 0.1) is 11.9 Å². The van der Waals surface area contributed by atoms with Gasteiger partial charge in [-0.25, -0.2) is 9.78 Å². The first-order valence-corrected chi connectivity index (χ1v) is 8.03. The predicted molar refractivity (Wildman–Crippen MR) is 89.9 cm³/mol. The van der Waals surface area contributed by atoms with Gasteiger partial charge in [0.1, 0.15) is 5.75 Å². The molecule has 6 nitrogen and oxygen atoms in total. The smallest absolute Gasteiger partial charge is 0.344 e. The number of carboxylic acid groups (broad SMARTS) is 1. The summed E-state index contributed by atoms with van der Waals surface area (Å²) >= 11 is 4.82. The molecule has 0 bridgehead atoms. The van der Waals surface area contributed by atoms with Crippen molar-refractivity contribution in [2.24, 2.45) is 5.10 Å². The van der Waals surface area contributed by atoms with Crippen LogP contribution in [-0.4, -0.2) is 28.4 Å². The topological polar surface area (TPSA) is 83.8 Å². The van der Waals surface area contributed by atoms with Crippen molar-refractivity contribution in [1.82, 2.24) is 4.98 Å². The standard InChI is InChI=1S/C14H14BrN3O3S/c1-8-7-22-14(17-8)18-16-6-10-5-11(15)3-4-12(10)21-9(2)13(19)20/h3-7,9H,1-2H3,(H,17,18)(H,19,20). The van der Waals surface area contributed by atoms with E-state index in [0.717, 1.165) is 10.2 Å². The molecule has 1 heterocycles. The molecule has 1 atom stereocenters.